The first kappa shape index (κ1) is 16.7. The van der Waals surface area contributed by atoms with Gasteiger partial charge in [-0.1, -0.05) is 54.6 Å². The van der Waals surface area contributed by atoms with E-state index in [1.165, 1.54) is 0 Å². The second-order valence-corrected chi connectivity index (χ2v) is 7.29. The Morgan fingerprint density at radius 3 is 2.09 bits per heavy atom. The number of carbonyl (C=O) groups excluding carboxylic acids is 1. The van der Waals surface area contributed by atoms with E-state index in [0.29, 0.717) is 22.6 Å². The van der Waals surface area contributed by atoms with Crippen LogP contribution in [0, 0.1) is 0 Å². The van der Waals surface area contributed by atoms with Crippen LogP contribution >= 0.6 is 0 Å². The summed E-state index contributed by atoms with van der Waals surface area (Å²) >= 11 is 0. The molecule has 3 nitrogen and oxygen atoms in total. The van der Waals surface area contributed by atoms with Crippen molar-refractivity contribution < 1.29 is 15.0 Å². The standard InChI is InChI=1S/C18H21O3S/c19-10-12-22(13-11-20)14-16-8-4-5-9-17(16)18(21)15-6-2-1-3-7-15/h1-9,19-20H,10-14H2/q+1. The Kier molecular flexibility index (Phi) is 6.65. The molecule has 2 rings (SSSR count). The molecular formula is C18H21O3S+. The fourth-order valence-electron chi connectivity index (χ4n) is 2.34. The van der Waals surface area contributed by atoms with E-state index in [4.69, 9.17) is 10.2 Å². The molecule has 0 amide bonds. The van der Waals surface area contributed by atoms with Crippen LogP contribution in [0.4, 0.5) is 0 Å². The van der Waals surface area contributed by atoms with Gasteiger partial charge in [-0.25, -0.2) is 0 Å². The molecule has 0 heterocycles. The minimum absolute atomic E-state index is 0.0211. The predicted molar refractivity (Wildman–Crippen MR) is 91.3 cm³/mol. The van der Waals surface area contributed by atoms with E-state index in [9.17, 15) is 4.79 Å². The molecule has 2 aromatic carbocycles. The van der Waals surface area contributed by atoms with Crippen molar-refractivity contribution in [1.82, 2.24) is 0 Å². The van der Waals surface area contributed by atoms with Crippen LogP contribution in [0.2, 0.25) is 0 Å². The van der Waals surface area contributed by atoms with Gasteiger partial charge in [0, 0.05) is 16.7 Å². The minimum atomic E-state index is -0.111. The van der Waals surface area contributed by atoms with Crippen LogP contribution in [0.3, 0.4) is 0 Å². The van der Waals surface area contributed by atoms with Gasteiger partial charge in [-0.3, -0.25) is 4.79 Å². The minimum Gasteiger partial charge on any atom is -0.391 e. The Morgan fingerprint density at radius 2 is 1.45 bits per heavy atom. The molecule has 0 unspecified atom stereocenters. The van der Waals surface area contributed by atoms with Crippen LogP contribution in [0.15, 0.2) is 54.6 Å². The SMILES string of the molecule is O=C(c1ccccc1)c1ccccc1C[S+](CCO)CCO. The molecule has 0 aliphatic heterocycles. The molecule has 0 atom stereocenters. The fraction of sp³-hybridized carbons (Fsp3) is 0.278. The number of hydrogen-bond acceptors (Lipinski definition) is 3. The lowest BCUT2D eigenvalue weighted by molar-refractivity contribution is 0.103. The maximum absolute atomic E-state index is 12.7. The summed E-state index contributed by atoms with van der Waals surface area (Å²) in [6.07, 6.45) is 0. The highest BCUT2D eigenvalue weighted by molar-refractivity contribution is 7.96. The number of carbonyl (C=O) groups is 1. The van der Waals surface area contributed by atoms with E-state index in [1.807, 2.05) is 54.6 Å². The topological polar surface area (TPSA) is 57.5 Å². The van der Waals surface area contributed by atoms with E-state index >= 15 is 0 Å². The van der Waals surface area contributed by atoms with Gasteiger partial charge in [0.2, 0.25) is 0 Å². The molecule has 2 aromatic rings. The molecule has 0 aromatic heterocycles. The lowest BCUT2D eigenvalue weighted by Crippen LogP contribution is -2.20. The number of hydrogen-bond donors (Lipinski definition) is 2. The maximum Gasteiger partial charge on any atom is 0.193 e. The molecule has 0 radical (unpaired) electrons. The molecule has 0 spiro atoms. The Balaban J connectivity index is 2.24. The number of rotatable bonds is 8. The lowest BCUT2D eigenvalue weighted by atomic mass is 9.99. The normalized spacial score (nSPS) is 10.9. The van der Waals surface area contributed by atoms with Crippen molar-refractivity contribution in [3.8, 4) is 0 Å². The Labute approximate surface area is 134 Å². The zero-order valence-electron chi connectivity index (χ0n) is 12.4. The van der Waals surface area contributed by atoms with Crippen LogP contribution in [-0.2, 0) is 16.6 Å². The van der Waals surface area contributed by atoms with Crippen molar-refractivity contribution in [3.05, 3.63) is 71.3 Å². The quantitative estimate of drug-likeness (QED) is 0.578. The molecule has 0 aliphatic rings. The van der Waals surface area contributed by atoms with Gasteiger partial charge < -0.3 is 10.2 Å². The molecule has 22 heavy (non-hydrogen) atoms. The third-order valence-corrected chi connectivity index (χ3v) is 5.66. The smallest absolute Gasteiger partial charge is 0.193 e. The fourth-order valence-corrected chi connectivity index (χ4v) is 4.04. The summed E-state index contributed by atoms with van der Waals surface area (Å²) in [5.41, 5.74) is 2.38. The maximum atomic E-state index is 12.7. The van der Waals surface area contributed by atoms with E-state index in [-0.39, 0.29) is 29.9 Å². The van der Waals surface area contributed by atoms with Crippen molar-refractivity contribution >= 4 is 16.7 Å². The molecule has 0 saturated carbocycles. The van der Waals surface area contributed by atoms with Gasteiger partial charge in [-0.05, 0) is 10.9 Å². The third kappa shape index (κ3) is 4.44. The van der Waals surface area contributed by atoms with E-state index in [0.717, 1.165) is 11.3 Å². The van der Waals surface area contributed by atoms with Gasteiger partial charge in [-0.15, -0.1) is 0 Å². The molecule has 0 fully saturated rings. The van der Waals surface area contributed by atoms with Crippen molar-refractivity contribution in [1.29, 1.82) is 0 Å². The zero-order chi connectivity index (χ0) is 15.8. The number of aliphatic hydroxyl groups is 2. The van der Waals surface area contributed by atoms with Gasteiger partial charge in [0.25, 0.3) is 0 Å². The largest absolute Gasteiger partial charge is 0.391 e. The second kappa shape index (κ2) is 8.73. The Hall–Kier alpha value is -1.62. The third-order valence-electron chi connectivity index (χ3n) is 3.42. The number of benzene rings is 2. The van der Waals surface area contributed by atoms with Crippen molar-refractivity contribution in [2.24, 2.45) is 0 Å². The summed E-state index contributed by atoms with van der Waals surface area (Å²) in [5.74, 6) is 2.06. The van der Waals surface area contributed by atoms with E-state index in [1.54, 1.807) is 0 Å². The van der Waals surface area contributed by atoms with Crippen molar-refractivity contribution in [2.75, 3.05) is 24.7 Å². The van der Waals surface area contributed by atoms with E-state index < -0.39 is 0 Å². The predicted octanol–water partition coefficient (Wildman–Crippen LogP) is 2.02. The zero-order valence-corrected chi connectivity index (χ0v) is 13.3. The molecule has 4 heteroatoms. The summed E-state index contributed by atoms with van der Waals surface area (Å²) in [5, 5.41) is 18.3. The van der Waals surface area contributed by atoms with Crippen molar-refractivity contribution in [2.45, 2.75) is 5.75 Å². The second-order valence-electron chi connectivity index (χ2n) is 4.96. The molecular weight excluding hydrogens is 296 g/mol. The first-order valence-corrected chi connectivity index (χ1v) is 9.03. The summed E-state index contributed by atoms with van der Waals surface area (Å²) in [6.45, 7) is 0.218. The number of aliphatic hydroxyl groups excluding tert-OH is 2. The van der Waals surface area contributed by atoms with Crippen LogP contribution in [0.25, 0.3) is 0 Å². The summed E-state index contributed by atoms with van der Waals surface area (Å²) in [4.78, 5) is 12.7. The monoisotopic (exact) mass is 317 g/mol. The summed E-state index contributed by atoms with van der Waals surface area (Å²) in [7, 11) is -0.111. The molecule has 116 valence electrons. The average Bonchev–Trinajstić information content (AvgIpc) is 2.56. The first-order chi connectivity index (χ1) is 10.8. The lowest BCUT2D eigenvalue weighted by Gasteiger charge is -2.10. The highest BCUT2D eigenvalue weighted by atomic mass is 32.2. The van der Waals surface area contributed by atoms with Crippen LogP contribution in [0.1, 0.15) is 21.5 Å². The highest BCUT2D eigenvalue weighted by Gasteiger charge is 2.21. The van der Waals surface area contributed by atoms with Gasteiger partial charge in [-0.2, -0.15) is 0 Å². The molecule has 0 saturated heterocycles. The van der Waals surface area contributed by atoms with Crippen LogP contribution in [0.5, 0.6) is 0 Å². The van der Waals surface area contributed by atoms with Gasteiger partial charge in [0.15, 0.2) is 5.78 Å². The van der Waals surface area contributed by atoms with Gasteiger partial charge in [0.1, 0.15) is 17.3 Å². The van der Waals surface area contributed by atoms with Crippen LogP contribution in [-0.4, -0.2) is 40.7 Å². The van der Waals surface area contributed by atoms with Gasteiger partial charge >= 0.3 is 0 Å². The Morgan fingerprint density at radius 1 is 0.864 bits per heavy atom. The molecule has 0 bridgehead atoms. The summed E-state index contributed by atoms with van der Waals surface area (Å²) < 4.78 is 0. The number of ketones is 1. The highest BCUT2D eigenvalue weighted by Crippen LogP contribution is 2.18. The molecule has 0 aliphatic carbocycles. The molecule has 2 N–H and O–H groups in total. The van der Waals surface area contributed by atoms with Crippen LogP contribution < -0.4 is 0 Å². The van der Waals surface area contributed by atoms with Gasteiger partial charge in [0.05, 0.1) is 13.2 Å². The summed E-state index contributed by atoms with van der Waals surface area (Å²) in [6, 6.07) is 16.9. The Bertz CT molecular complexity index is 592. The van der Waals surface area contributed by atoms with E-state index in [2.05, 4.69) is 0 Å². The first-order valence-electron chi connectivity index (χ1n) is 7.29. The van der Waals surface area contributed by atoms with Crippen molar-refractivity contribution in [3.63, 3.8) is 0 Å². The average molecular weight is 317 g/mol.